The third-order valence-electron chi connectivity index (χ3n) is 2.50. The molecule has 6 nitrogen and oxygen atoms in total. The fourth-order valence-corrected chi connectivity index (χ4v) is 1.45. The van der Waals surface area contributed by atoms with Gasteiger partial charge in [0.2, 0.25) is 11.9 Å². The standard InChI is InChI=1S/C12H27N5O/c1-5-17(6-2)11(18)7-8-14-12(16-13)15-9-10(3)4/h10H,5-9,13H2,1-4H3,(H2,14,15,16). The third kappa shape index (κ3) is 7.11. The second-order valence-corrected chi connectivity index (χ2v) is 4.47. The maximum atomic E-state index is 11.7. The molecule has 1 amide bonds. The molecule has 0 heterocycles. The van der Waals surface area contributed by atoms with Crippen LogP contribution in [0.25, 0.3) is 0 Å². The number of hydrogen-bond donors (Lipinski definition) is 3. The van der Waals surface area contributed by atoms with E-state index >= 15 is 0 Å². The van der Waals surface area contributed by atoms with Gasteiger partial charge in [-0.3, -0.25) is 15.2 Å². The van der Waals surface area contributed by atoms with E-state index in [2.05, 4.69) is 29.6 Å². The van der Waals surface area contributed by atoms with Crippen LogP contribution in [-0.2, 0) is 4.79 Å². The summed E-state index contributed by atoms with van der Waals surface area (Å²) in [5, 5.41) is 3.03. The molecule has 0 bridgehead atoms. The van der Waals surface area contributed by atoms with E-state index in [1.54, 1.807) is 0 Å². The van der Waals surface area contributed by atoms with Gasteiger partial charge < -0.3 is 10.2 Å². The van der Waals surface area contributed by atoms with Crippen molar-refractivity contribution in [3.8, 4) is 0 Å². The minimum atomic E-state index is 0.146. The highest BCUT2D eigenvalue weighted by atomic mass is 16.2. The van der Waals surface area contributed by atoms with Crippen LogP contribution in [0, 0.1) is 5.92 Å². The van der Waals surface area contributed by atoms with E-state index in [4.69, 9.17) is 5.84 Å². The van der Waals surface area contributed by atoms with Gasteiger partial charge in [-0.15, -0.1) is 0 Å². The van der Waals surface area contributed by atoms with Gasteiger partial charge in [-0.1, -0.05) is 13.8 Å². The Kier molecular flexibility index (Phi) is 9.00. The van der Waals surface area contributed by atoms with E-state index < -0.39 is 0 Å². The minimum absolute atomic E-state index is 0.146. The van der Waals surface area contributed by atoms with Gasteiger partial charge in [0.15, 0.2) is 0 Å². The van der Waals surface area contributed by atoms with Gasteiger partial charge in [-0.25, -0.2) is 5.84 Å². The number of guanidine groups is 1. The molecule has 0 unspecified atom stereocenters. The Balaban J connectivity index is 4.00. The number of rotatable bonds is 7. The van der Waals surface area contributed by atoms with Gasteiger partial charge in [0.05, 0.1) is 0 Å². The number of carbonyl (C=O) groups is 1. The smallest absolute Gasteiger partial charge is 0.224 e. The predicted molar refractivity (Wildman–Crippen MR) is 75.0 cm³/mol. The van der Waals surface area contributed by atoms with E-state index in [9.17, 15) is 4.79 Å². The molecule has 106 valence electrons. The summed E-state index contributed by atoms with van der Waals surface area (Å²) in [7, 11) is 0. The molecule has 0 aromatic heterocycles. The third-order valence-corrected chi connectivity index (χ3v) is 2.50. The molecule has 0 spiro atoms. The molecule has 0 saturated carbocycles. The first-order valence-corrected chi connectivity index (χ1v) is 6.57. The predicted octanol–water partition coefficient (Wildman–Crippen LogP) is 0.310. The van der Waals surface area contributed by atoms with Gasteiger partial charge in [-0.05, 0) is 19.8 Å². The fraction of sp³-hybridized carbons (Fsp3) is 0.833. The van der Waals surface area contributed by atoms with Crippen molar-refractivity contribution in [3.63, 3.8) is 0 Å². The van der Waals surface area contributed by atoms with Crippen LogP contribution in [0.5, 0.6) is 0 Å². The Morgan fingerprint density at radius 2 is 1.94 bits per heavy atom. The molecule has 0 aromatic carbocycles. The summed E-state index contributed by atoms with van der Waals surface area (Å²) < 4.78 is 0. The van der Waals surface area contributed by atoms with E-state index in [0.29, 0.717) is 31.4 Å². The van der Waals surface area contributed by atoms with Gasteiger partial charge in [0.25, 0.3) is 0 Å². The first-order valence-electron chi connectivity index (χ1n) is 6.57. The first-order chi connectivity index (χ1) is 8.54. The normalized spacial score (nSPS) is 11.6. The molecule has 0 radical (unpaired) electrons. The van der Waals surface area contributed by atoms with Gasteiger partial charge in [0, 0.05) is 32.6 Å². The number of amides is 1. The van der Waals surface area contributed by atoms with Crippen LogP contribution in [0.3, 0.4) is 0 Å². The number of nitrogens with one attached hydrogen (secondary N) is 2. The Morgan fingerprint density at radius 1 is 1.33 bits per heavy atom. The van der Waals surface area contributed by atoms with E-state index in [1.165, 1.54) is 0 Å². The topological polar surface area (TPSA) is 82.8 Å². The van der Waals surface area contributed by atoms with Crippen molar-refractivity contribution in [2.45, 2.75) is 34.1 Å². The number of nitrogens with two attached hydrogens (primary N) is 1. The van der Waals surface area contributed by atoms with Crippen molar-refractivity contribution < 1.29 is 4.79 Å². The van der Waals surface area contributed by atoms with E-state index in [1.807, 2.05) is 18.7 Å². The lowest BCUT2D eigenvalue weighted by molar-refractivity contribution is -0.130. The molecule has 6 heteroatoms. The van der Waals surface area contributed by atoms with Crippen molar-refractivity contribution in [3.05, 3.63) is 0 Å². The van der Waals surface area contributed by atoms with Crippen LogP contribution in [0.15, 0.2) is 4.99 Å². The number of aliphatic imine (C=N–C) groups is 1. The Labute approximate surface area is 110 Å². The molecule has 0 atom stereocenters. The number of nitrogens with zero attached hydrogens (tertiary/aromatic N) is 2. The molecule has 4 N–H and O–H groups in total. The van der Waals surface area contributed by atoms with Crippen molar-refractivity contribution in [1.29, 1.82) is 0 Å². The maximum absolute atomic E-state index is 11.7. The SMILES string of the molecule is CCN(CC)C(=O)CCNC(=NCC(C)C)NN. The lowest BCUT2D eigenvalue weighted by atomic mass is 10.2. The highest BCUT2D eigenvalue weighted by Crippen LogP contribution is 1.93. The molecular weight excluding hydrogens is 230 g/mol. The van der Waals surface area contributed by atoms with Gasteiger partial charge in [0.1, 0.15) is 0 Å². The quantitative estimate of drug-likeness (QED) is 0.265. The number of hydrogen-bond acceptors (Lipinski definition) is 3. The average Bonchev–Trinajstić information content (AvgIpc) is 2.34. The highest BCUT2D eigenvalue weighted by Gasteiger charge is 2.08. The second kappa shape index (κ2) is 9.70. The van der Waals surface area contributed by atoms with Crippen molar-refractivity contribution in [1.82, 2.24) is 15.6 Å². The lowest BCUT2D eigenvalue weighted by Crippen LogP contribution is -2.43. The zero-order chi connectivity index (χ0) is 14.0. The van der Waals surface area contributed by atoms with Crippen LogP contribution in [-0.4, -0.2) is 42.9 Å². The van der Waals surface area contributed by atoms with Crippen LogP contribution >= 0.6 is 0 Å². The van der Waals surface area contributed by atoms with E-state index in [-0.39, 0.29) is 5.91 Å². The fourth-order valence-electron chi connectivity index (χ4n) is 1.45. The summed E-state index contributed by atoms with van der Waals surface area (Å²) in [5.41, 5.74) is 2.50. The maximum Gasteiger partial charge on any atom is 0.224 e. The summed E-state index contributed by atoms with van der Waals surface area (Å²) in [6.45, 7) is 10.9. The molecule has 0 aliphatic carbocycles. The first kappa shape index (κ1) is 16.7. The largest absolute Gasteiger partial charge is 0.355 e. The van der Waals surface area contributed by atoms with Crippen LogP contribution in [0.4, 0.5) is 0 Å². The number of carbonyl (C=O) groups excluding carboxylic acids is 1. The Hall–Kier alpha value is -1.30. The summed E-state index contributed by atoms with van der Waals surface area (Å²) >= 11 is 0. The summed E-state index contributed by atoms with van der Waals surface area (Å²) in [6.07, 6.45) is 0.448. The van der Waals surface area contributed by atoms with Crippen LogP contribution in [0.1, 0.15) is 34.1 Å². The highest BCUT2D eigenvalue weighted by molar-refractivity contribution is 5.80. The lowest BCUT2D eigenvalue weighted by Gasteiger charge is -2.18. The number of hydrazine groups is 1. The zero-order valence-electron chi connectivity index (χ0n) is 12.0. The molecule has 0 aliphatic rings. The second-order valence-electron chi connectivity index (χ2n) is 4.47. The summed E-state index contributed by atoms with van der Waals surface area (Å²) in [4.78, 5) is 17.8. The van der Waals surface area contributed by atoms with Crippen molar-refractivity contribution in [2.75, 3.05) is 26.2 Å². The Bertz CT molecular complexity index is 261. The summed E-state index contributed by atoms with van der Waals surface area (Å²) in [5.74, 6) is 6.51. The monoisotopic (exact) mass is 257 g/mol. The minimum Gasteiger partial charge on any atom is -0.355 e. The molecule has 0 saturated heterocycles. The molecular formula is C12H27N5O. The Morgan fingerprint density at radius 3 is 2.39 bits per heavy atom. The average molecular weight is 257 g/mol. The zero-order valence-corrected chi connectivity index (χ0v) is 12.0. The summed E-state index contributed by atoms with van der Waals surface area (Å²) in [6, 6.07) is 0. The van der Waals surface area contributed by atoms with Crippen LogP contribution < -0.4 is 16.6 Å². The molecule has 18 heavy (non-hydrogen) atoms. The molecule has 0 fully saturated rings. The van der Waals surface area contributed by atoms with Crippen LogP contribution in [0.2, 0.25) is 0 Å². The van der Waals surface area contributed by atoms with Gasteiger partial charge >= 0.3 is 0 Å². The molecule has 0 aromatic rings. The van der Waals surface area contributed by atoms with E-state index in [0.717, 1.165) is 13.1 Å². The molecule has 0 aliphatic heterocycles. The molecule has 0 rings (SSSR count). The van der Waals surface area contributed by atoms with Gasteiger partial charge in [-0.2, -0.15) is 0 Å². The van der Waals surface area contributed by atoms with Crippen molar-refractivity contribution in [2.24, 2.45) is 16.8 Å². The van der Waals surface area contributed by atoms with Crippen molar-refractivity contribution >= 4 is 11.9 Å².